The summed E-state index contributed by atoms with van der Waals surface area (Å²) in [6.45, 7) is 0. The SMILES string of the molecule is CSOC1C[C@@H](O)C[C@@H](C(=O)O)O1. The van der Waals surface area contributed by atoms with Crippen molar-refractivity contribution < 1.29 is 23.9 Å². The van der Waals surface area contributed by atoms with E-state index in [4.69, 9.17) is 14.0 Å². The van der Waals surface area contributed by atoms with E-state index in [1.165, 1.54) is 0 Å². The van der Waals surface area contributed by atoms with Gasteiger partial charge in [0.2, 0.25) is 0 Å². The molecule has 3 atom stereocenters. The summed E-state index contributed by atoms with van der Waals surface area (Å²) in [4.78, 5) is 10.6. The van der Waals surface area contributed by atoms with Gasteiger partial charge in [0.25, 0.3) is 0 Å². The molecule has 0 aromatic heterocycles. The van der Waals surface area contributed by atoms with Crippen molar-refractivity contribution in [3.63, 3.8) is 0 Å². The first-order chi connectivity index (χ1) is 6.13. The largest absolute Gasteiger partial charge is 0.479 e. The zero-order chi connectivity index (χ0) is 9.84. The average molecular weight is 208 g/mol. The number of rotatable bonds is 3. The van der Waals surface area contributed by atoms with E-state index in [0.717, 1.165) is 12.0 Å². The summed E-state index contributed by atoms with van der Waals surface area (Å²) < 4.78 is 10.1. The zero-order valence-corrected chi connectivity index (χ0v) is 7.99. The van der Waals surface area contributed by atoms with Crippen molar-refractivity contribution in [1.29, 1.82) is 0 Å². The molecule has 0 aliphatic carbocycles. The summed E-state index contributed by atoms with van der Waals surface area (Å²) in [6, 6.07) is 0. The Morgan fingerprint density at radius 1 is 1.62 bits per heavy atom. The minimum atomic E-state index is -1.06. The molecule has 1 unspecified atom stereocenters. The van der Waals surface area contributed by atoms with Gasteiger partial charge in [-0.15, -0.1) is 0 Å². The quantitative estimate of drug-likeness (QED) is 0.647. The van der Waals surface area contributed by atoms with Crippen LogP contribution in [0.4, 0.5) is 0 Å². The third-order valence-corrected chi connectivity index (χ3v) is 2.15. The number of aliphatic carboxylic acids is 1. The van der Waals surface area contributed by atoms with Gasteiger partial charge < -0.3 is 14.9 Å². The van der Waals surface area contributed by atoms with Crippen LogP contribution in [0.25, 0.3) is 0 Å². The average Bonchev–Trinajstić information content (AvgIpc) is 2.03. The molecule has 5 nitrogen and oxygen atoms in total. The van der Waals surface area contributed by atoms with Gasteiger partial charge >= 0.3 is 5.97 Å². The molecule has 1 rings (SSSR count). The van der Waals surface area contributed by atoms with Crippen molar-refractivity contribution in [3.8, 4) is 0 Å². The Morgan fingerprint density at radius 3 is 2.85 bits per heavy atom. The van der Waals surface area contributed by atoms with Gasteiger partial charge in [-0.1, -0.05) is 0 Å². The van der Waals surface area contributed by atoms with Crippen molar-refractivity contribution in [3.05, 3.63) is 0 Å². The molecule has 2 N–H and O–H groups in total. The molecule has 1 fully saturated rings. The summed E-state index contributed by atoms with van der Waals surface area (Å²) in [5.41, 5.74) is 0. The molecule has 0 amide bonds. The monoisotopic (exact) mass is 208 g/mol. The fourth-order valence-corrected chi connectivity index (χ4v) is 1.53. The minimum absolute atomic E-state index is 0.129. The van der Waals surface area contributed by atoms with Gasteiger partial charge in [-0.2, -0.15) is 0 Å². The van der Waals surface area contributed by atoms with Gasteiger partial charge in [-0.05, 0) is 12.0 Å². The topological polar surface area (TPSA) is 76.0 Å². The number of hydrogen-bond acceptors (Lipinski definition) is 5. The minimum Gasteiger partial charge on any atom is -0.479 e. The number of carbonyl (C=O) groups is 1. The third-order valence-electron chi connectivity index (χ3n) is 1.75. The van der Waals surface area contributed by atoms with E-state index in [-0.39, 0.29) is 6.42 Å². The van der Waals surface area contributed by atoms with E-state index in [1.807, 2.05) is 0 Å². The molecule has 0 spiro atoms. The van der Waals surface area contributed by atoms with Crippen molar-refractivity contribution in [1.82, 2.24) is 0 Å². The van der Waals surface area contributed by atoms with Crippen LogP contribution in [0.3, 0.4) is 0 Å². The second-order valence-electron chi connectivity index (χ2n) is 2.78. The maximum atomic E-state index is 10.6. The molecule has 13 heavy (non-hydrogen) atoms. The Hall–Kier alpha value is -0.300. The normalized spacial score (nSPS) is 34.5. The fourth-order valence-electron chi connectivity index (χ4n) is 1.19. The number of hydrogen-bond donors (Lipinski definition) is 2. The highest BCUT2D eigenvalue weighted by Crippen LogP contribution is 2.22. The van der Waals surface area contributed by atoms with Gasteiger partial charge in [0, 0.05) is 19.1 Å². The molecule has 76 valence electrons. The molecule has 1 saturated heterocycles. The van der Waals surface area contributed by atoms with E-state index < -0.39 is 24.5 Å². The summed E-state index contributed by atoms with van der Waals surface area (Å²) in [7, 11) is 0. The lowest BCUT2D eigenvalue weighted by atomic mass is 10.1. The lowest BCUT2D eigenvalue weighted by molar-refractivity contribution is -0.192. The molecule has 0 aromatic rings. The highest BCUT2D eigenvalue weighted by Gasteiger charge is 2.33. The lowest BCUT2D eigenvalue weighted by Crippen LogP contribution is -2.40. The zero-order valence-electron chi connectivity index (χ0n) is 7.17. The van der Waals surface area contributed by atoms with Crippen molar-refractivity contribution in [2.75, 3.05) is 6.26 Å². The molecule has 0 bridgehead atoms. The predicted octanol–water partition coefficient (Wildman–Crippen LogP) is 0.232. The number of ether oxygens (including phenoxy) is 1. The second kappa shape index (κ2) is 4.80. The Bertz CT molecular complexity index is 186. The Morgan fingerprint density at radius 2 is 2.31 bits per heavy atom. The van der Waals surface area contributed by atoms with Gasteiger partial charge in [-0.25, -0.2) is 4.79 Å². The highest BCUT2D eigenvalue weighted by atomic mass is 32.2. The third kappa shape index (κ3) is 3.15. The Kier molecular flexibility index (Phi) is 3.98. The van der Waals surface area contributed by atoms with Crippen LogP contribution in [0.5, 0.6) is 0 Å². The van der Waals surface area contributed by atoms with E-state index in [1.54, 1.807) is 6.26 Å². The van der Waals surface area contributed by atoms with Gasteiger partial charge in [0.1, 0.15) is 0 Å². The maximum Gasteiger partial charge on any atom is 0.333 e. The van der Waals surface area contributed by atoms with E-state index in [2.05, 4.69) is 0 Å². The van der Waals surface area contributed by atoms with Crippen LogP contribution in [0.1, 0.15) is 12.8 Å². The van der Waals surface area contributed by atoms with Crippen LogP contribution in [-0.2, 0) is 13.7 Å². The standard InChI is InChI=1S/C7H12O5S/c1-13-12-6-3-4(8)2-5(11-6)7(9)10/h4-6,8H,2-3H2,1H3,(H,9,10)/t4-,5-,6?/m0/s1. The first-order valence-corrected chi connectivity index (χ1v) is 5.04. The van der Waals surface area contributed by atoms with Gasteiger partial charge in [0.05, 0.1) is 6.10 Å². The number of carboxylic acid groups (broad SMARTS) is 1. The van der Waals surface area contributed by atoms with E-state index in [9.17, 15) is 9.90 Å². The van der Waals surface area contributed by atoms with Crippen LogP contribution in [0.2, 0.25) is 0 Å². The second-order valence-corrected chi connectivity index (χ2v) is 3.31. The Labute approximate surface area is 80.2 Å². The Balaban J connectivity index is 2.47. The van der Waals surface area contributed by atoms with Gasteiger partial charge in [-0.3, -0.25) is 4.18 Å². The molecule has 0 saturated carbocycles. The molecule has 1 aliphatic heterocycles. The summed E-state index contributed by atoms with van der Waals surface area (Å²) in [6.07, 6.45) is -0.0818. The molecule has 6 heteroatoms. The molecule has 1 aliphatic rings. The predicted molar refractivity (Wildman–Crippen MR) is 46.1 cm³/mol. The van der Waals surface area contributed by atoms with E-state index >= 15 is 0 Å². The van der Waals surface area contributed by atoms with Crippen LogP contribution in [0, 0.1) is 0 Å². The van der Waals surface area contributed by atoms with Gasteiger partial charge in [0.15, 0.2) is 12.4 Å². The molecular formula is C7H12O5S. The van der Waals surface area contributed by atoms with Crippen LogP contribution in [0.15, 0.2) is 0 Å². The lowest BCUT2D eigenvalue weighted by Gasteiger charge is -2.29. The molecule has 0 radical (unpaired) electrons. The van der Waals surface area contributed by atoms with Crippen molar-refractivity contribution in [2.24, 2.45) is 0 Å². The van der Waals surface area contributed by atoms with Crippen molar-refractivity contribution >= 4 is 18.0 Å². The highest BCUT2D eigenvalue weighted by molar-refractivity contribution is 7.93. The fraction of sp³-hybridized carbons (Fsp3) is 0.857. The summed E-state index contributed by atoms with van der Waals surface area (Å²) in [5, 5.41) is 17.9. The molecular weight excluding hydrogens is 196 g/mol. The number of aliphatic hydroxyl groups is 1. The summed E-state index contributed by atoms with van der Waals surface area (Å²) >= 11 is 1.09. The van der Waals surface area contributed by atoms with Crippen LogP contribution < -0.4 is 0 Å². The van der Waals surface area contributed by atoms with E-state index in [0.29, 0.717) is 6.42 Å². The smallest absolute Gasteiger partial charge is 0.333 e. The first kappa shape index (κ1) is 10.8. The summed E-state index contributed by atoms with van der Waals surface area (Å²) in [5.74, 6) is -1.06. The maximum absolute atomic E-state index is 10.6. The number of aliphatic hydroxyl groups excluding tert-OH is 1. The number of carboxylic acids is 1. The molecule has 1 heterocycles. The molecule has 0 aromatic carbocycles. The van der Waals surface area contributed by atoms with Crippen LogP contribution >= 0.6 is 12.0 Å². The van der Waals surface area contributed by atoms with Crippen LogP contribution in [-0.4, -0.2) is 40.9 Å². The van der Waals surface area contributed by atoms with Crippen molar-refractivity contribution in [2.45, 2.75) is 31.3 Å². The first-order valence-electron chi connectivity index (χ1n) is 3.89.